The van der Waals surface area contributed by atoms with Gasteiger partial charge < -0.3 is 15.2 Å². The Morgan fingerprint density at radius 1 is 1.28 bits per heavy atom. The zero-order valence-corrected chi connectivity index (χ0v) is 10.6. The van der Waals surface area contributed by atoms with Crippen LogP contribution in [-0.4, -0.2) is 26.1 Å². The van der Waals surface area contributed by atoms with Gasteiger partial charge >= 0.3 is 0 Å². The molecule has 1 aliphatic rings. The first-order valence-electron chi connectivity index (χ1n) is 5.75. The number of fused-ring (bicyclic) bond motifs is 1. The van der Waals surface area contributed by atoms with Crippen molar-refractivity contribution >= 4 is 23.0 Å². The molecule has 2 N–H and O–H groups in total. The summed E-state index contributed by atoms with van der Waals surface area (Å²) in [5, 5.41) is 0. The van der Waals surface area contributed by atoms with Gasteiger partial charge in [0.25, 0.3) is 0 Å². The summed E-state index contributed by atoms with van der Waals surface area (Å²) in [6.07, 6.45) is 5.57. The molecule has 0 saturated heterocycles. The monoisotopic (exact) mass is 259 g/mol. The van der Waals surface area contributed by atoms with Gasteiger partial charge in [-0.05, 0) is 12.1 Å². The van der Waals surface area contributed by atoms with Gasteiger partial charge in [0, 0.05) is 37.2 Å². The highest BCUT2D eigenvalue weighted by Crippen LogP contribution is 2.18. The molecule has 0 saturated carbocycles. The normalized spacial score (nSPS) is 14.3. The van der Waals surface area contributed by atoms with Gasteiger partial charge in [-0.1, -0.05) is 12.2 Å². The quantitative estimate of drug-likeness (QED) is 0.813. The molecule has 3 rings (SSSR count). The third kappa shape index (κ3) is 1.95. The number of hydrogen-bond acceptors (Lipinski definition) is 4. The molecule has 0 aliphatic carbocycles. The van der Waals surface area contributed by atoms with Gasteiger partial charge in [0.05, 0.1) is 6.54 Å². The fourth-order valence-corrected chi connectivity index (χ4v) is 2.21. The molecule has 18 heavy (non-hydrogen) atoms. The Kier molecular flexibility index (Phi) is 2.71. The lowest BCUT2D eigenvalue weighted by atomic mass is 10.2. The number of rotatable bonds is 2. The molecule has 2 aromatic heterocycles. The van der Waals surface area contributed by atoms with Crippen LogP contribution in [0.5, 0.6) is 0 Å². The predicted octanol–water partition coefficient (Wildman–Crippen LogP) is 0.933. The van der Waals surface area contributed by atoms with E-state index in [0.29, 0.717) is 4.99 Å². The maximum absolute atomic E-state index is 5.56. The van der Waals surface area contributed by atoms with Crippen LogP contribution in [0.2, 0.25) is 0 Å². The lowest BCUT2D eigenvalue weighted by Gasteiger charge is -2.28. The number of hydrogen-bond donors (Lipinski definition) is 1. The first-order chi connectivity index (χ1) is 8.74. The van der Waals surface area contributed by atoms with E-state index in [-0.39, 0.29) is 0 Å². The topological polar surface area (TPSA) is 60.0 Å². The van der Waals surface area contributed by atoms with E-state index < -0.39 is 0 Å². The van der Waals surface area contributed by atoms with E-state index in [2.05, 4.69) is 19.4 Å². The molecule has 0 aromatic carbocycles. The Morgan fingerprint density at radius 2 is 2.17 bits per heavy atom. The van der Waals surface area contributed by atoms with Crippen molar-refractivity contribution in [1.29, 1.82) is 0 Å². The maximum Gasteiger partial charge on any atom is 0.128 e. The van der Waals surface area contributed by atoms with Crippen LogP contribution >= 0.6 is 12.2 Å². The van der Waals surface area contributed by atoms with Crippen LogP contribution in [-0.2, 0) is 13.1 Å². The number of nitrogens with zero attached hydrogens (tertiary/aromatic N) is 4. The van der Waals surface area contributed by atoms with Crippen LogP contribution in [0, 0.1) is 0 Å². The smallest absolute Gasteiger partial charge is 0.128 e. The molecule has 2 aromatic rings. The Morgan fingerprint density at radius 3 is 2.89 bits per heavy atom. The van der Waals surface area contributed by atoms with E-state index in [4.69, 9.17) is 18.0 Å². The number of aromatic nitrogens is 3. The first-order valence-corrected chi connectivity index (χ1v) is 6.16. The van der Waals surface area contributed by atoms with Gasteiger partial charge in [0.2, 0.25) is 0 Å². The SMILES string of the molecule is NC(=S)c1ccc(N2CCn3ccnc3C2)nc1. The van der Waals surface area contributed by atoms with Crippen molar-refractivity contribution in [2.45, 2.75) is 13.1 Å². The predicted molar refractivity (Wildman–Crippen MR) is 73.4 cm³/mol. The highest BCUT2D eigenvalue weighted by atomic mass is 32.1. The summed E-state index contributed by atoms with van der Waals surface area (Å²) in [6.45, 7) is 2.66. The molecule has 1 aliphatic heterocycles. The van der Waals surface area contributed by atoms with Gasteiger partial charge in [0.15, 0.2) is 0 Å². The average molecular weight is 259 g/mol. The third-order valence-electron chi connectivity index (χ3n) is 3.10. The molecule has 6 heteroatoms. The standard InChI is InChI=1S/C12H13N5S/c13-12(18)9-1-2-10(15-7-9)17-6-5-16-4-3-14-11(16)8-17/h1-4,7H,5-6,8H2,(H2,13,18). The maximum atomic E-state index is 5.56. The fourth-order valence-electron chi connectivity index (χ4n) is 2.09. The van der Waals surface area contributed by atoms with Crippen molar-refractivity contribution in [3.05, 3.63) is 42.1 Å². The molecule has 0 spiro atoms. The van der Waals surface area contributed by atoms with Gasteiger partial charge in [-0.3, -0.25) is 0 Å². The summed E-state index contributed by atoms with van der Waals surface area (Å²) in [4.78, 5) is 11.3. The number of imidazole rings is 1. The Balaban J connectivity index is 1.82. The van der Waals surface area contributed by atoms with Crippen LogP contribution < -0.4 is 10.6 Å². The van der Waals surface area contributed by atoms with Gasteiger partial charge in [-0.15, -0.1) is 0 Å². The van der Waals surface area contributed by atoms with E-state index in [1.165, 1.54) is 0 Å². The molecular weight excluding hydrogens is 246 g/mol. The van der Waals surface area contributed by atoms with Crippen LogP contribution in [0.1, 0.15) is 11.4 Å². The molecular formula is C12H13N5S. The summed E-state index contributed by atoms with van der Waals surface area (Å²) in [7, 11) is 0. The second-order valence-electron chi connectivity index (χ2n) is 4.23. The van der Waals surface area contributed by atoms with Crippen LogP contribution in [0.25, 0.3) is 0 Å². The highest BCUT2D eigenvalue weighted by molar-refractivity contribution is 7.80. The number of nitrogens with two attached hydrogens (primary N) is 1. The molecule has 5 nitrogen and oxygen atoms in total. The molecule has 0 amide bonds. The van der Waals surface area contributed by atoms with Crippen molar-refractivity contribution < 1.29 is 0 Å². The Labute approximate surface area is 110 Å². The lowest BCUT2D eigenvalue weighted by Crippen LogP contribution is -2.34. The molecule has 0 fully saturated rings. The Bertz CT molecular complexity index is 574. The summed E-state index contributed by atoms with van der Waals surface area (Å²) in [6, 6.07) is 3.86. The van der Waals surface area contributed by atoms with Crippen molar-refractivity contribution in [3.8, 4) is 0 Å². The summed E-state index contributed by atoms with van der Waals surface area (Å²) in [5.41, 5.74) is 6.35. The van der Waals surface area contributed by atoms with Crippen LogP contribution in [0.3, 0.4) is 0 Å². The highest BCUT2D eigenvalue weighted by Gasteiger charge is 2.17. The molecule has 0 unspecified atom stereocenters. The van der Waals surface area contributed by atoms with Gasteiger partial charge in [0.1, 0.15) is 16.6 Å². The van der Waals surface area contributed by atoms with E-state index in [9.17, 15) is 0 Å². The second-order valence-corrected chi connectivity index (χ2v) is 4.67. The molecule has 0 bridgehead atoms. The van der Waals surface area contributed by atoms with Crippen molar-refractivity contribution in [3.63, 3.8) is 0 Å². The molecule has 3 heterocycles. The summed E-state index contributed by atoms with van der Waals surface area (Å²) in [5.74, 6) is 2.01. The minimum Gasteiger partial charge on any atom is -0.389 e. The largest absolute Gasteiger partial charge is 0.389 e. The van der Waals surface area contributed by atoms with E-state index in [1.54, 1.807) is 6.20 Å². The number of anilines is 1. The zero-order chi connectivity index (χ0) is 12.5. The average Bonchev–Trinajstić information content (AvgIpc) is 2.86. The number of thiocarbonyl (C=S) groups is 1. The van der Waals surface area contributed by atoms with Gasteiger partial charge in [-0.2, -0.15) is 0 Å². The van der Waals surface area contributed by atoms with Crippen LogP contribution in [0.15, 0.2) is 30.7 Å². The fraction of sp³-hybridized carbons (Fsp3) is 0.250. The summed E-state index contributed by atoms with van der Waals surface area (Å²) >= 11 is 4.91. The van der Waals surface area contributed by atoms with E-state index >= 15 is 0 Å². The lowest BCUT2D eigenvalue weighted by molar-refractivity contribution is 0.556. The second kappa shape index (κ2) is 4.38. The van der Waals surface area contributed by atoms with E-state index in [0.717, 1.165) is 36.8 Å². The minimum absolute atomic E-state index is 0.378. The zero-order valence-electron chi connectivity index (χ0n) is 9.78. The molecule has 0 radical (unpaired) electrons. The van der Waals surface area contributed by atoms with Crippen molar-refractivity contribution in [2.75, 3.05) is 11.4 Å². The molecule has 92 valence electrons. The molecule has 0 atom stereocenters. The minimum atomic E-state index is 0.378. The first kappa shape index (κ1) is 11.2. The van der Waals surface area contributed by atoms with Crippen molar-refractivity contribution in [1.82, 2.24) is 14.5 Å². The number of pyridine rings is 1. The van der Waals surface area contributed by atoms with E-state index in [1.807, 2.05) is 24.5 Å². The third-order valence-corrected chi connectivity index (χ3v) is 3.34. The van der Waals surface area contributed by atoms with Crippen LogP contribution in [0.4, 0.5) is 5.82 Å². The van der Waals surface area contributed by atoms with Gasteiger partial charge in [-0.25, -0.2) is 9.97 Å². The van der Waals surface area contributed by atoms with Crippen molar-refractivity contribution in [2.24, 2.45) is 5.73 Å². The Hall–Kier alpha value is -1.95. The summed E-state index contributed by atoms with van der Waals surface area (Å²) < 4.78 is 2.17.